The van der Waals surface area contributed by atoms with Gasteiger partial charge in [0.25, 0.3) is 0 Å². The number of rotatable bonds is 5. The Kier molecular flexibility index (Phi) is 3.49. The molecule has 6 nitrogen and oxygen atoms in total. The van der Waals surface area contributed by atoms with Crippen molar-refractivity contribution in [1.82, 2.24) is 24.1 Å². The summed E-state index contributed by atoms with van der Waals surface area (Å²) >= 11 is 0. The second kappa shape index (κ2) is 12.3. The number of aromatic nitrogens is 5. The lowest BCUT2D eigenvalue weighted by atomic mass is 10.0. The maximum absolute atomic E-state index is 10.1. The molecular formula is C51H31N5O. The van der Waals surface area contributed by atoms with Crippen LogP contribution in [0.5, 0.6) is 0 Å². The van der Waals surface area contributed by atoms with Crippen LogP contribution in [-0.2, 0) is 0 Å². The Bertz CT molecular complexity index is 4670. The largest absolute Gasteiger partial charge is 0.455 e. The SMILES string of the molecule is [2H]c1c([2H])c([2H])c(-c2c([2H])c([2H])c3c4c([2H])c([2H])c(-c5c([2H])c([2H])c([2H])c([2H])c5[2H])c([2H])c4n(-c4nc(-c5cccc6c5oc5ccccc56)nc(-n5c6c([2H])c([2H])c([2H])c([2H])c6c6c([2H])c([2H])c([2H])c([2H])c65)n4)c3c2[2H])c([2H])c1[2H]. The third-order valence-electron chi connectivity index (χ3n) is 9.47. The fourth-order valence-corrected chi connectivity index (χ4v) is 7.02. The van der Waals surface area contributed by atoms with Gasteiger partial charge in [0.05, 0.1) is 60.5 Å². The predicted molar refractivity (Wildman–Crippen MR) is 232 cm³/mol. The molecule has 0 saturated heterocycles. The molecule has 6 heteroatoms. The first-order valence-corrected chi connectivity index (χ1v) is 17.2. The normalized spacial score (nSPS) is 17.8. The summed E-state index contributed by atoms with van der Waals surface area (Å²) in [5, 5.41) is -0.722. The fraction of sp³-hybridized carbons (Fsp3) is 0. The Labute approximate surface area is 360 Å². The molecule has 0 bridgehead atoms. The van der Waals surface area contributed by atoms with Crippen LogP contribution < -0.4 is 0 Å². The van der Waals surface area contributed by atoms with E-state index in [9.17, 15) is 11.0 Å². The van der Waals surface area contributed by atoms with Gasteiger partial charge in [0, 0.05) is 32.3 Å². The van der Waals surface area contributed by atoms with Crippen LogP contribution in [0.2, 0.25) is 0 Å². The van der Waals surface area contributed by atoms with E-state index in [1.54, 1.807) is 36.4 Å². The molecule has 0 atom stereocenters. The van der Waals surface area contributed by atoms with Crippen LogP contribution in [0.25, 0.3) is 111 Å². The highest BCUT2D eigenvalue weighted by atomic mass is 16.3. The Morgan fingerprint density at radius 2 is 0.912 bits per heavy atom. The molecule has 0 unspecified atom stereocenters. The summed E-state index contributed by atoms with van der Waals surface area (Å²) in [6.07, 6.45) is 0. The van der Waals surface area contributed by atoms with Gasteiger partial charge in [-0.05, 0) is 58.6 Å². The molecule has 0 spiro atoms. The van der Waals surface area contributed by atoms with Crippen LogP contribution in [-0.4, -0.2) is 24.1 Å². The van der Waals surface area contributed by atoms with Crippen LogP contribution in [0, 0.1) is 0 Å². The summed E-state index contributed by atoms with van der Waals surface area (Å²) in [7, 11) is 0. The van der Waals surface area contributed by atoms with E-state index in [1.165, 1.54) is 6.07 Å². The van der Waals surface area contributed by atoms with Crippen molar-refractivity contribution in [2.24, 2.45) is 0 Å². The van der Waals surface area contributed by atoms with Crippen molar-refractivity contribution in [3.05, 3.63) is 187 Å². The summed E-state index contributed by atoms with van der Waals surface area (Å²) < 4.78 is 225. The van der Waals surface area contributed by atoms with Crippen molar-refractivity contribution in [1.29, 1.82) is 0 Å². The Balaban J connectivity index is 1.37. The molecule has 266 valence electrons. The molecule has 4 heterocycles. The van der Waals surface area contributed by atoms with Gasteiger partial charge in [0.15, 0.2) is 5.82 Å². The van der Waals surface area contributed by atoms with Gasteiger partial charge in [-0.25, -0.2) is 0 Å². The van der Waals surface area contributed by atoms with Crippen LogP contribution in [0.1, 0.15) is 32.9 Å². The first-order valence-electron chi connectivity index (χ1n) is 29.2. The lowest BCUT2D eigenvalue weighted by Gasteiger charge is -2.13. The maximum Gasteiger partial charge on any atom is 0.240 e. The summed E-state index contributed by atoms with van der Waals surface area (Å²) in [4.78, 5) is 14.5. The lowest BCUT2D eigenvalue weighted by Crippen LogP contribution is -2.10. The predicted octanol–water partition coefficient (Wildman–Crippen LogP) is 13.0. The number of benzene rings is 8. The Morgan fingerprint density at radius 3 is 1.53 bits per heavy atom. The van der Waals surface area contributed by atoms with E-state index >= 15 is 0 Å². The molecule has 0 aliphatic heterocycles. The van der Waals surface area contributed by atoms with Gasteiger partial charge in [-0.2, -0.15) is 15.0 Å². The van der Waals surface area contributed by atoms with E-state index in [4.69, 9.17) is 41.3 Å². The van der Waals surface area contributed by atoms with Crippen molar-refractivity contribution < 1.29 is 37.3 Å². The molecule has 57 heavy (non-hydrogen) atoms. The molecule has 4 aromatic heterocycles. The molecule has 0 amide bonds. The van der Waals surface area contributed by atoms with Crippen molar-refractivity contribution in [3.63, 3.8) is 0 Å². The zero-order valence-electron chi connectivity index (χ0n) is 52.7. The standard InChI is InChI=1S/C51H31N5O/c1-3-14-32(15-4-1)34-26-28-38-39-29-27-35(33-16-5-2-6-17-33)31-46(39)56(45(38)30-34)51-53-49(42-22-13-21-41-40-20-9-12-25-47(40)57-48(41)42)52-50(54-51)55-43-23-10-7-18-36(43)37-19-8-11-24-44(37)55/h1-31H/i1D,2D,3D,4D,5D,6D,7D,8D,10D,11D,14D,15D,16D,17D,18D,19D,23D,24D,26D,27D,28D,29D,30D,31D. The van der Waals surface area contributed by atoms with Gasteiger partial charge < -0.3 is 4.42 Å². The van der Waals surface area contributed by atoms with Crippen molar-refractivity contribution in [2.45, 2.75) is 0 Å². The summed E-state index contributed by atoms with van der Waals surface area (Å²) in [6, 6.07) is -8.51. The lowest BCUT2D eigenvalue weighted by molar-refractivity contribution is 0.669. The molecule has 12 aromatic rings. The van der Waals surface area contributed by atoms with Gasteiger partial charge >= 0.3 is 0 Å². The van der Waals surface area contributed by atoms with Crippen LogP contribution in [0.4, 0.5) is 0 Å². The third-order valence-corrected chi connectivity index (χ3v) is 9.47. The summed E-state index contributed by atoms with van der Waals surface area (Å²) in [5.74, 6) is -1.79. The van der Waals surface area contributed by atoms with Gasteiger partial charge in [-0.1, -0.05) is 151 Å². The molecule has 0 saturated carbocycles. The highest BCUT2D eigenvalue weighted by molar-refractivity contribution is 6.12. The van der Waals surface area contributed by atoms with E-state index in [0.717, 1.165) is 9.13 Å². The quantitative estimate of drug-likeness (QED) is 0.176. The number of furan rings is 1. The third kappa shape index (κ3) is 4.87. The number of hydrogen-bond acceptors (Lipinski definition) is 4. The Morgan fingerprint density at radius 1 is 0.404 bits per heavy atom. The smallest absolute Gasteiger partial charge is 0.240 e. The van der Waals surface area contributed by atoms with Gasteiger partial charge in [-0.15, -0.1) is 0 Å². The molecule has 12 rings (SSSR count). The number of hydrogen-bond donors (Lipinski definition) is 0. The minimum Gasteiger partial charge on any atom is -0.455 e. The molecular weight excluding hydrogens is 699 g/mol. The second-order valence-corrected chi connectivity index (χ2v) is 12.6. The van der Waals surface area contributed by atoms with Crippen LogP contribution >= 0.6 is 0 Å². The highest BCUT2D eigenvalue weighted by Crippen LogP contribution is 2.39. The van der Waals surface area contributed by atoms with E-state index in [2.05, 4.69) is 0 Å². The zero-order valence-corrected chi connectivity index (χ0v) is 28.7. The van der Waals surface area contributed by atoms with Crippen LogP contribution in [0.3, 0.4) is 0 Å². The van der Waals surface area contributed by atoms with E-state index in [-0.39, 0.29) is 27.7 Å². The first-order chi connectivity index (χ1) is 38.3. The van der Waals surface area contributed by atoms with E-state index in [1.807, 2.05) is 0 Å². The second-order valence-electron chi connectivity index (χ2n) is 12.6. The summed E-state index contributed by atoms with van der Waals surface area (Å²) in [6.45, 7) is 0. The molecule has 0 fully saturated rings. The van der Waals surface area contributed by atoms with Crippen molar-refractivity contribution in [3.8, 4) is 45.5 Å². The van der Waals surface area contributed by atoms with Gasteiger partial charge in [0.2, 0.25) is 11.9 Å². The van der Waals surface area contributed by atoms with E-state index in [0.29, 0.717) is 16.4 Å². The average molecular weight is 754 g/mol. The number of fused-ring (bicyclic) bond motifs is 9. The average Bonchev–Trinajstić information content (AvgIpc) is 4.18. The molecule has 0 radical (unpaired) electrons. The van der Waals surface area contributed by atoms with Crippen LogP contribution in [0.15, 0.2) is 192 Å². The van der Waals surface area contributed by atoms with Gasteiger partial charge in [0.1, 0.15) is 11.2 Å². The minimum absolute atomic E-state index is 0.0695. The molecule has 0 aliphatic rings. The fourth-order valence-electron chi connectivity index (χ4n) is 7.02. The molecule has 0 aliphatic carbocycles. The zero-order chi connectivity index (χ0) is 58.3. The van der Waals surface area contributed by atoms with E-state index < -0.39 is 212 Å². The van der Waals surface area contributed by atoms with Crippen molar-refractivity contribution >= 4 is 65.6 Å². The Hall–Kier alpha value is -7.83. The number of para-hydroxylation sites is 4. The highest BCUT2D eigenvalue weighted by Gasteiger charge is 2.23. The minimum atomic E-state index is -0.917. The van der Waals surface area contributed by atoms with Gasteiger partial charge in [-0.3, -0.25) is 9.13 Å². The first kappa shape index (κ1) is 16.1. The summed E-state index contributed by atoms with van der Waals surface area (Å²) in [5.41, 5.74) is -4.48. The van der Waals surface area contributed by atoms with Crippen molar-refractivity contribution in [2.75, 3.05) is 0 Å². The topological polar surface area (TPSA) is 61.7 Å². The molecule has 8 aromatic carbocycles. The monoisotopic (exact) mass is 753 g/mol. The maximum atomic E-state index is 10.1. The molecule has 0 N–H and O–H groups in total. The number of nitrogens with zero attached hydrogens (tertiary/aromatic N) is 5.